The Labute approximate surface area is 99.8 Å². The Balaban J connectivity index is 2.07. The van der Waals surface area contributed by atoms with Gasteiger partial charge in [0.1, 0.15) is 0 Å². The van der Waals surface area contributed by atoms with Crippen LogP contribution >= 0.6 is 0 Å². The van der Waals surface area contributed by atoms with Crippen LogP contribution in [0.25, 0.3) is 0 Å². The van der Waals surface area contributed by atoms with Gasteiger partial charge in [-0.05, 0) is 32.4 Å². The minimum atomic E-state index is 0.146. The van der Waals surface area contributed by atoms with E-state index in [0.717, 1.165) is 13.0 Å². The van der Waals surface area contributed by atoms with E-state index in [-0.39, 0.29) is 6.61 Å². The monoisotopic (exact) mass is 229 g/mol. The van der Waals surface area contributed by atoms with E-state index in [4.69, 9.17) is 9.84 Å². The van der Waals surface area contributed by atoms with Gasteiger partial charge in [0.05, 0.1) is 19.3 Å². The van der Waals surface area contributed by atoms with Crippen molar-refractivity contribution in [2.75, 3.05) is 32.8 Å². The van der Waals surface area contributed by atoms with Gasteiger partial charge in [0.25, 0.3) is 0 Å². The Bertz CT molecular complexity index is 164. The summed E-state index contributed by atoms with van der Waals surface area (Å²) in [5, 5.41) is 8.72. The van der Waals surface area contributed by atoms with Crippen molar-refractivity contribution in [3.05, 3.63) is 0 Å². The quantitative estimate of drug-likeness (QED) is 0.647. The first-order valence-electron chi connectivity index (χ1n) is 6.81. The number of likely N-dealkylation sites (tertiary alicyclic amines) is 1. The van der Waals surface area contributed by atoms with Crippen molar-refractivity contribution >= 4 is 0 Å². The van der Waals surface area contributed by atoms with E-state index in [2.05, 4.69) is 11.8 Å². The SMILES string of the molecule is CCCCCCN1CCC[C@@H](OCCO)C1. The molecule has 0 amide bonds. The third-order valence-electron chi connectivity index (χ3n) is 3.24. The molecule has 0 unspecified atom stereocenters. The lowest BCUT2D eigenvalue weighted by Crippen LogP contribution is -2.40. The van der Waals surface area contributed by atoms with E-state index in [0.29, 0.717) is 12.7 Å². The molecule has 0 spiro atoms. The molecule has 0 bridgehead atoms. The normalized spacial score (nSPS) is 22.5. The highest BCUT2D eigenvalue weighted by molar-refractivity contribution is 4.73. The molecule has 1 saturated heterocycles. The molecule has 0 saturated carbocycles. The molecule has 0 aromatic heterocycles. The number of rotatable bonds is 8. The Kier molecular flexibility index (Phi) is 7.81. The van der Waals surface area contributed by atoms with Gasteiger partial charge in [-0.15, -0.1) is 0 Å². The van der Waals surface area contributed by atoms with E-state index >= 15 is 0 Å². The first kappa shape index (κ1) is 13.9. The van der Waals surface area contributed by atoms with Crippen molar-refractivity contribution in [1.82, 2.24) is 4.90 Å². The average Bonchev–Trinajstić information content (AvgIpc) is 2.33. The molecule has 0 aromatic carbocycles. The summed E-state index contributed by atoms with van der Waals surface area (Å²) in [6.07, 6.45) is 8.10. The predicted octanol–water partition coefficient (Wildman–Crippen LogP) is 2.04. The summed E-state index contributed by atoms with van der Waals surface area (Å²) in [7, 11) is 0. The smallest absolute Gasteiger partial charge is 0.0703 e. The zero-order valence-electron chi connectivity index (χ0n) is 10.7. The van der Waals surface area contributed by atoms with Crippen molar-refractivity contribution < 1.29 is 9.84 Å². The summed E-state index contributed by atoms with van der Waals surface area (Å²) in [4.78, 5) is 2.52. The van der Waals surface area contributed by atoms with E-state index in [9.17, 15) is 0 Å². The van der Waals surface area contributed by atoms with E-state index in [1.807, 2.05) is 0 Å². The zero-order chi connectivity index (χ0) is 11.6. The van der Waals surface area contributed by atoms with Gasteiger partial charge in [-0.3, -0.25) is 0 Å². The molecule has 0 aromatic rings. The molecule has 1 heterocycles. The second kappa shape index (κ2) is 8.97. The van der Waals surface area contributed by atoms with Crippen LogP contribution in [0, 0.1) is 0 Å². The van der Waals surface area contributed by atoms with Gasteiger partial charge in [0.2, 0.25) is 0 Å². The van der Waals surface area contributed by atoms with Gasteiger partial charge >= 0.3 is 0 Å². The van der Waals surface area contributed by atoms with Crippen LogP contribution in [0.5, 0.6) is 0 Å². The maximum atomic E-state index is 8.72. The molecule has 1 aliphatic heterocycles. The minimum absolute atomic E-state index is 0.146. The largest absolute Gasteiger partial charge is 0.394 e. The van der Waals surface area contributed by atoms with Crippen LogP contribution in [-0.2, 0) is 4.74 Å². The molecule has 1 fully saturated rings. The van der Waals surface area contributed by atoms with Crippen LogP contribution in [0.4, 0.5) is 0 Å². The number of aliphatic hydroxyl groups excluding tert-OH is 1. The average molecular weight is 229 g/mol. The fourth-order valence-corrected chi connectivity index (χ4v) is 2.33. The second-order valence-electron chi connectivity index (χ2n) is 4.72. The molecule has 16 heavy (non-hydrogen) atoms. The first-order chi connectivity index (χ1) is 7.86. The number of hydrogen-bond acceptors (Lipinski definition) is 3. The summed E-state index contributed by atoms with van der Waals surface area (Å²) < 4.78 is 5.60. The molecule has 96 valence electrons. The second-order valence-corrected chi connectivity index (χ2v) is 4.72. The molecule has 1 aliphatic rings. The molecule has 1 atom stereocenters. The number of aliphatic hydroxyl groups is 1. The molecule has 0 aliphatic carbocycles. The van der Waals surface area contributed by atoms with Gasteiger partial charge in [0.15, 0.2) is 0 Å². The summed E-state index contributed by atoms with van der Waals surface area (Å²) >= 11 is 0. The molecule has 0 radical (unpaired) electrons. The molecule has 3 nitrogen and oxygen atoms in total. The number of unbranched alkanes of at least 4 members (excludes halogenated alkanes) is 3. The van der Waals surface area contributed by atoms with Crippen molar-refractivity contribution in [2.24, 2.45) is 0 Å². The lowest BCUT2D eigenvalue weighted by molar-refractivity contribution is -0.0147. The molecular formula is C13H27NO2. The van der Waals surface area contributed by atoms with Gasteiger partial charge in [-0.1, -0.05) is 26.2 Å². The fraction of sp³-hybridized carbons (Fsp3) is 1.00. The Morgan fingerprint density at radius 1 is 1.31 bits per heavy atom. The van der Waals surface area contributed by atoms with Crippen LogP contribution in [0.2, 0.25) is 0 Å². The molecule has 1 N–H and O–H groups in total. The highest BCUT2D eigenvalue weighted by Crippen LogP contribution is 2.14. The highest BCUT2D eigenvalue weighted by atomic mass is 16.5. The van der Waals surface area contributed by atoms with Gasteiger partial charge < -0.3 is 14.7 Å². The summed E-state index contributed by atoms with van der Waals surface area (Å²) in [5.41, 5.74) is 0. The minimum Gasteiger partial charge on any atom is -0.394 e. The Morgan fingerprint density at radius 2 is 2.19 bits per heavy atom. The lowest BCUT2D eigenvalue weighted by atomic mass is 10.1. The Morgan fingerprint density at radius 3 is 2.94 bits per heavy atom. The predicted molar refractivity (Wildman–Crippen MR) is 66.6 cm³/mol. The molecular weight excluding hydrogens is 202 g/mol. The third-order valence-corrected chi connectivity index (χ3v) is 3.24. The summed E-state index contributed by atoms with van der Waals surface area (Å²) in [6.45, 7) is 6.40. The van der Waals surface area contributed by atoms with Gasteiger partial charge in [-0.2, -0.15) is 0 Å². The van der Waals surface area contributed by atoms with E-state index in [1.165, 1.54) is 45.2 Å². The number of ether oxygens (including phenoxy) is 1. The zero-order valence-corrected chi connectivity index (χ0v) is 10.7. The van der Waals surface area contributed by atoms with Crippen LogP contribution in [0.1, 0.15) is 45.4 Å². The van der Waals surface area contributed by atoms with Crippen LogP contribution < -0.4 is 0 Å². The van der Waals surface area contributed by atoms with Crippen LogP contribution in [0.15, 0.2) is 0 Å². The number of nitrogens with zero attached hydrogens (tertiary/aromatic N) is 1. The van der Waals surface area contributed by atoms with Crippen LogP contribution in [0.3, 0.4) is 0 Å². The van der Waals surface area contributed by atoms with E-state index < -0.39 is 0 Å². The third kappa shape index (κ3) is 5.83. The Hall–Kier alpha value is -0.120. The first-order valence-corrected chi connectivity index (χ1v) is 6.81. The fourth-order valence-electron chi connectivity index (χ4n) is 2.33. The maximum absolute atomic E-state index is 8.72. The van der Waals surface area contributed by atoms with Crippen LogP contribution in [-0.4, -0.2) is 49.0 Å². The maximum Gasteiger partial charge on any atom is 0.0703 e. The molecule has 3 heteroatoms. The number of piperidine rings is 1. The standard InChI is InChI=1S/C13H27NO2/c1-2-3-4-5-8-14-9-6-7-13(12-14)16-11-10-15/h13,15H,2-12H2,1H3/t13-/m1/s1. The van der Waals surface area contributed by atoms with Crippen molar-refractivity contribution in [1.29, 1.82) is 0 Å². The van der Waals surface area contributed by atoms with Crippen molar-refractivity contribution in [3.63, 3.8) is 0 Å². The summed E-state index contributed by atoms with van der Waals surface area (Å²) in [5.74, 6) is 0. The van der Waals surface area contributed by atoms with Crippen molar-refractivity contribution in [2.45, 2.75) is 51.6 Å². The molecule has 1 rings (SSSR count). The topological polar surface area (TPSA) is 32.7 Å². The highest BCUT2D eigenvalue weighted by Gasteiger charge is 2.19. The number of hydrogen-bond donors (Lipinski definition) is 1. The lowest BCUT2D eigenvalue weighted by Gasteiger charge is -2.32. The van der Waals surface area contributed by atoms with Crippen molar-refractivity contribution in [3.8, 4) is 0 Å². The van der Waals surface area contributed by atoms with Gasteiger partial charge in [0, 0.05) is 6.54 Å². The van der Waals surface area contributed by atoms with E-state index in [1.54, 1.807) is 0 Å². The summed E-state index contributed by atoms with van der Waals surface area (Å²) in [6, 6.07) is 0. The van der Waals surface area contributed by atoms with Gasteiger partial charge in [-0.25, -0.2) is 0 Å².